The summed E-state index contributed by atoms with van der Waals surface area (Å²) >= 11 is 0. The fourth-order valence-electron chi connectivity index (χ4n) is 2.93. The van der Waals surface area contributed by atoms with Crippen molar-refractivity contribution in [3.05, 3.63) is 41.2 Å². The number of carbonyl (C=O) groups is 1. The van der Waals surface area contributed by atoms with Crippen LogP contribution in [-0.4, -0.2) is 56.6 Å². The summed E-state index contributed by atoms with van der Waals surface area (Å²) in [4.78, 5) is 12.3. The molecule has 1 amide bonds. The molecule has 0 bridgehead atoms. The van der Waals surface area contributed by atoms with Crippen LogP contribution in [0.5, 0.6) is 0 Å². The van der Waals surface area contributed by atoms with E-state index in [9.17, 15) is 13.2 Å². The van der Waals surface area contributed by atoms with E-state index < -0.39 is 10.0 Å². The van der Waals surface area contributed by atoms with Crippen molar-refractivity contribution >= 4 is 27.0 Å². The molecule has 0 aliphatic carbocycles. The van der Waals surface area contributed by atoms with E-state index >= 15 is 0 Å². The number of carbonyl (C=O) groups excluding carboxylic acids is 1. The molecule has 10 nitrogen and oxygen atoms in total. The molecule has 3 aromatic rings. The monoisotopic (exact) mass is 375 g/mol. The molecule has 1 aromatic carbocycles. The molecule has 4 rings (SSSR count). The van der Waals surface area contributed by atoms with Crippen LogP contribution in [0.25, 0.3) is 11.0 Å². The van der Waals surface area contributed by atoms with Crippen molar-refractivity contribution in [3.63, 3.8) is 0 Å². The number of benzene rings is 1. The Hall–Kier alpha value is -2.79. The Bertz CT molecular complexity index is 1090. The van der Waals surface area contributed by atoms with Gasteiger partial charge in [0.25, 0.3) is 5.91 Å². The molecule has 1 aliphatic rings. The highest BCUT2D eigenvalue weighted by molar-refractivity contribution is 7.88. The van der Waals surface area contributed by atoms with Crippen LogP contribution in [0.15, 0.2) is 24.3 Å². The van der Waals surface area contributed by atoms with Crippen molar-refractivity contribution in [2.45, 2.75) is 19.6 Å². The molecule has 1 aliphatic heterocycles. The number of nitrogens with zero attached hydrogens (tertiary/aromatic N) is 5. The van der Waals surface area contributed by atoms with Crippen molar-refractivity contribution in [1.29, 1.82) is 0 Å². The molecule has 0 unspecified atom stereocenters. The number of hydrogen-bond acceptors (Lipinski definition) is 6. The first kappa shape index (κ1) is 16.7. The van der Waals surface area contributed by atoms with Crippen molar-refractivity contribution in [2.24, 2.45) is 0 Å². The van der Waals surface area contributed by atoms with E-state index in [2.05, 4.69) is 25.8 Å². The van der Waals surface area contributed by atoms with Crippen LogP contribution in [0.3, 0.4) is 0 Å². The second-order valence-electron chi connectivity index (χ2n) is 6.16. The Balaban J connectivity index is 1.44. The van der Waals surface area contributed by atoms with E-state index in [-0.39, 0.29) is 12.5 Å². The summed E-state index contributed by atoms with van der Waals surface area (Å²) < 4.78 is 26.6. The fraction of sp³-hybridized carbons (Fsp3) is 0.333. The quantitative estimate of drug-likeness (QED) is 0.654. The highest BCUT2D eigenvalue weighted by atomic mass is 32.2. The van der Waals surface area contributed by atoms with Crippen LogP contribution in [-0.2, 0) is 29.7 Å². The van der Waals surface area contributed by atoms with Crippen LogP contribution < -0.4 is 5.32 Å². The summed E-state index contributed by atoms with van der Waals surface area (Å²) in [6, 6.07) is 6.89. The molecule has 0 atom stereocenters. The number of amides is 1. The van der Waals surface area contributed by atoms with E-state index in [0.29, 0.717) is 41.9 Å². The van der Waals surface area contributed by atoms with Crippen molar-refractivity contribution in [3.8, 4) is 0 Å². The Morgan fingerprint density at radius 2 is 2.04 bits per heavy atom. The molecule has 2 N–H and O–H groups in total. The molecule has 136 valence electrons. The molecule has 0 saturated heterocycles. The van der Waals surface area contributed by atoms with Gasteiger partial charge in [0.2, 0.25) is 10.0 Å². The SMILES string of the molecule is CS(=O)(=O)N1CCn2nc(CNC(=O)c3ccc4n[nH]nc4c3)cc2C1. The zero-order valence-corrected chi connectivity index (χ0v) is 14.8. The van der Waals surface area contributed by atoms with Gasteiger partial charge < -0.3 is 5.32 Å². The Labute approximate surface area is 149 Å². The first-order chi connectivity index (χ1) is 12.4. The predicted octanol–water partition coefficient (Wildman–Crippen LogP) is -0.140. The third-order valence-corrected chi connectivity index (χ3v) is 5.54. The van der Waals surface area contributed by atoms with Gasteiger partial charge in [-0.2, -0.15) is 24.8 Å². The van der Waals surface area contributed by atoms with Gasteiger partial charge in [-0.05, 0) is 24.3 Å². The van der Waals surface area contributed by atoms with E-state index in [1.54, 1.807) is 22.9 Å². The maximum atomic E-state index is 12.3. The molecule has 2 aromatic heterocycles. The molecule has 0 spiro atoms. The normalized spacial score (nSPS) is 15.1. The third-order valence-electron chi connectivity index (χ3n) is 4.29. The molecule has 11 heteroatoms. The zero-order valence-electron chi connectivity index (χ0n) is 14.0. The summed E-state index contributed by atoms with van der Waals surface area (Å²) in [6.45, 7) is 1.45. The predicted molar refractivity (Wildman–Crippen MR) is 92.5 cm³/mol. The summed E-state index contributed by atoms with van der Waals surface area (Å²) in [5, 5.41) is 17.7. The number of fused-ring (bicyclic) bond motifs is 2. The standard InChI is InChI=1S/C15H17N7O3S/c1-26(24,25)21-4-5-22-12(9-21)7-11(19-22)8-16-15(23)10-2-3-13-14(6-10)18-20-17-13/h2-3,6-7H,4-5,8-9H2,1H3,(H,16,23)(H,17,18,20). The third kappa shape index (κ3) is 3.18. The van der Waals surface area contributed by atoms with Gasteiger partial charge in [0.05, 0.1) is 37.3 Å². The summed E-state index contributed by atoms with van der Waals surface area (Å²) in [5.41, 5.74) is 3.30. The molecular formula is C15H17N7O3S. The number of sulfonamides is 1. The minimum atomic E-state index is -3.23. The Morgan fingerprint density at radius 1 is 1.23 bits per heavy atom. The van der Waals surface area contributed by atoms with Gasteiger partial charge in [-0.3, -0.25) is 9.48 Å². The number of nitrogens with one attached hydrogen (secondary N) is 2. The van der Waals surface area contributed by atoms with Gasteiger partial charge in [-0.25, -0.2) is 8.42 Å². The minimum Gasteiger partial charge on any atom is -0.346 e. The van der Waals surface area contributed by atoms with Gasteiger partial charge in [-0.1, -0.05) is 0 Å². The lowest BCUT2D eigenvalue weighted by Crippen LogP contribution is -2.37. The maximum absolute atomic E-state index is 12.3. The van der Waals surface area contributed by atoms with Crippen LogP contribution in [0.1, 0.15) is 21.7 Å². The highest BCUT2D eigenvalue weighted by Gasteiger charge is 2.24. The van der Waals surface area contributed by atoms with Gasteiger partial charge in [0.15, 0.2) is 0 Å². The van der Waals surface area contributed by atoms with Gasteiger partial charge >= 0.3 is 0 Å². The lowest BCUT2D eigenvalue weighted by Gasteiger charge is -2.25. The molecule has 3 heterocycles. The molecule has 0 fully saturated rings. The fourth-order valence-corrected chi connectivity index (χ4v) is 3.71. The molecule has 26 heavy (non-hydrogen) atoms. The van der Waals surface area contributed by atoms with Crippen LogP contribution in [0.4, 0.5) is 0 Å². The lowest BCUT2D eigenvalue weighted by atomic mass is 10.2. The number of rotatable bonds is 4. The van der Waals surface area contributed by atoms with Crippen LogP contribution in [0, 0.1) is 0 Å². The van der Waals surface area contributed by atoms with Crippen molar-refractivity contribution in [2.75, 3.05) is 12.8 Å². The summed E-state index contributed by atoms with van der Waals surface area (Å²) in [5.74, 6) is -0.237. The molecule has 0 radical (unpaired) electrons. The van der Waals surface area contributed by atoms with E-state index in [0.717, 1.165) is 5.69 Å². The Kier molecular flexibility index (Phi) is 3.96. The average Bonchev–Trinajstić information content (AvgIpc) is 3.23. The van der Waals surface area contributed by atoms with E-state index in [1.807, 2.05) is 6.07 Å². The summed E-state index contributed by atoms with van der Waals surface area (Å²) in [7, 11) is -3.23. The zero-order chi connectivity index (χ0) is 18.3. The average molecular weight is 375 g/mol. The van der Waals surface area contributed by atoms with Crippen molar-refractivity contribution in [1.82, 2.24) is 34.8 Å². The number of hydrogen-bond donors (Lipinski definition) is 2. The highest BCUT2D eigenvalue weighted by Crippen LogP contribution is 2.16. The van der Waals surface area contributed by atoms with E-state index in [4.69, 9.17) is 0 Å². The van der Waals surface area contributed by atoms with Crippen molar-refractivity contribution < 1.29 is 13.2 Å². The number of aromatic amines is 1. The van der Waals surface area contributed by atoms with E-state index in [1.165, 1.54) is 10.6 Å². The maximum Gasteiger partial charge on any atom is 0.251 e. The molecule has 0 saturated carbocycles. The molecular weight excluding hydrogens is 358 g/mol. The van der Waals surface area contributed by atoms with Gasteiger partial charge in [0.1, 0.15) is 11.0 Å². The Morgan fingerprint density at radius 3 is 2.85 bits per heavy atom. The second-order valence-corrected chi connectivity index (χ2v) is 8.14. The van der Waals surface area contributed by atoms with Gasteiger partial charge in [0, 0.05) is 12.1 Å². The van der Waals surface area contributed by atoms with Gasteiger partial charge in [-0.15, -0.1) is 0 Å². The number of H-pyrrole nitrogens is 1. The van der Waals surface area contributed by atoms with Crippen LogP contribution >= 0.6 is 0 Å². The lowest BCUT2D eigenvalue weighted by molar-refractivity contribution is 0.0950. The number of aromatic nitrogens is 5. The summed E-state index contributed by atoms with van der Waals surface area (Å²) in [6.07, 6.45) is 1.20. The minimum absolute atomic E-state index is 0.237. The second kappa shape index (κ2) is 6.18. The topological polar surface area (TPSA) is 126 Å². The smallest absolute Gasteiger partial charge is 0.251 e. The van der Waals surface area contributed by atoms with Crippen LogP contribution in [0.2, 0.25) is 0 Å². The first-order valence-corrected chi connectivity index (χ1v) is 9.84. The largest absolute Gasteiger partial charge is 0.346 e. The first-order valence-electron chi connectivity index (χ1n) is 7.99.